The van der Waals surface area contributed by atoms with Crippen molar-refractivity contribution in [3.63, 3.8) is 0 Å². The van der Waals surface area contributed by atoms with E-state index in [0.29, 0.717) is 6.04 Å². The smallest absolute Gasteiger partial charge is 0.0558 e. The molecule has 4 rings (SSSR count). The number of fused-ring (bicyclic) bond motifs is 2. The van der Waals surface area contributed by atoms with Gasteiger partial charge in [-0.1, -0.05) is 24.6 Å². The Morgan fingerprint density at radius 2 is 1.70 bits per heavy atom. The van der Waals surface area contributed by atoms with Gasteiger partial charge in [0.15, 0.2) is 0 Å². The number of rotatable bonds is 6. The molecule has 0 radical (unpaired) electrons. The second kappa shape index (κ2) is 8.63. The van der Waals surface area contributed by atoms with Gasteiger partial charge in [-0.25, -0.2) is 0 Å². The van der Waals surface area contributed by atoms with Gasteiger partial charge in [-0.3, -0.25) is 4.90 Å². The highest BCUT2D eigenvalue weighted by atomic mass is 16.3. The summed E-state index contributed by atoms with van der Waals surface area (Å²) in [7, 11) is 0. The van der Waals surface area contributed by atoms with Crippen LogP contribution in [0.25, 0.3) is 5.70 Å². The van der Waals surface area contributed by atoms with Gasteiger partial charge in [0.25, 0.3) is 0 Å². The normalized spacial score (nSPS) is 24.0. The molecular weight excluding hydrogens is 336 g/mol. The minimum atomic E-state index is 0.273. The highest BCUT2D eigenvalue weighted by Crippen LogP contribution is 2.41. The number of nitrogens with zero attached hydrogens (tertiary/aromatic N) is 3. The van der Waals surface area contributed by atoms with Crippen molar-refractivity contribution >= 4 is 11.4 Å². The molecule has 2 fully saturated rings. The Labute approximate surface area is 163 Å². The summed E-state index contributed by atoms with van der Waals surface area (Å²) in [6.45, 7) is 7.77. The summed E-state index contributed by atoms with van der Waals surface area (Å²) in [5.74, 6) is 0. The zero-order chi connectivity index (χ0) is 18.6. The quantitative estimate of drug-likeness (QED) is 0.803. The predicted octanol–water partition coefficient (Wildman–Crippen LogP) is 2.12. The van der Waals surface area contributed by atoms with Gasteiger partial charge in [-0.05, 0) is 43.9 Å². The van der Waals surface area contributed by atoms with Crippen molar-refractivity contribution in [3.8, 4) is 0 Å². The summed E-state index contributed by atoms with van der Waals surface area (Å²) in [5, 5.41) is 9.09. The summed E-state index contributed by atoms with van der Waals surface area (Å²) < 4.78 is 0. The van der Waals surface area contributed by atoms with Gasteiger partial charge >= 0.3 is 0 Å². The predicted molar refractivity (Wildman–Crippen MR) is 112 cm³/mol. The Hall–Kier alpha value is -1.56. The third-order valence-corrected chi connectivity index (χ3v) is 6.56. The van der Waals surface area contributed by atoms with Gasteiger partial charge in [0.2, 0.25) is 0 Å². The van der Waals surface area contributed by atoms with E-state index in [1.807, 2.05) is 0 Å². The summed E-state index contributed by atoms with van der Waals surface area (Å²) in [5.41, 5.74) is 11.7. The van der Waals surface area contributed by atoms with Gasteiger partial charge < -0.3 is 20.6 Å². The number of β-amino-alcohol motifs (C(OH)–C–C–N with tert-alkyl or cyclic N) is 1. The first-order valence-electron chi connectivity index (χ1n) is 10.7. The third kappa shape index (κ3) is 4.00. The van der Waals surface area contributed by atoms with E-state index in [1.54, 1.807) is 0 Å². The third-order valence-electron chi connectivity index (χ3n) is 6.56. The molecule has 1 saturated heterocycles. The summed E-state index contributed by atoms with van der Waals surface area (Å²) >= 11 is 0. The van der Waals surface area contributed by atoms with E-state index >= 15 is 0 Å². The molecule has 0 aromatic heterocycles. The first-order chi connectivity index (χ1) is 13.3. The molecular formula is C22H34N4O. The van der Waals surface area contributed by atoms with E-state index in [-0.39, 0.29) is 6.61 Å². The number of benzene rings is 1. The zero-order valence-electron chi connectivity index (χ0n) is 16.4. The fourth-order valence-corrected chi connectivity index (χ4v) is 5.06. The average molecular weight is 371 g/mol. The molecule has 1 aromatic rings. The molecule has 0 spiro atoms. The molecule has 27 heavy (non-hydrogen) atoms. The molecule has 2 aliphatic heterocycles. The van der Waals surface area contributed by atoms with E-state index in [9.17, 15) is 0 Å². The van der Waals surface area contributed by atoms with E-state index < -0.39 is 0 Å². The largest absolute Gasteiger partial charge is 0.398 e. The first kappa shape index (κ1) is 18.8. The maximum Gasteiger partial charge on any atom is 0.0558 e. The SMILES string of the molecule is NC1=C2CCCCC2N(CCCN2CCN(CCO)CC2)c2ccccc21. The van der Waals surface area contributed by atoms with Crippen LogP contribution in [0.3, 0.4) is 0 Å². The van der Waals surface area contributed by atoms with Crippen molar-refractivity contribution < 1.29 is 5.11 Å². The maximum atomic E-state index is 9.09. The number of nitrogens with two attached hydrogens (primary N) is 1. The topological polar surface area (TPSA) is 56.0 Å². The van der Waals surface area contributed by atoms with E-state index in [2.05, 4.69) is 39.0 Å². The molecule has 1 atom stereocenters. The van der Waals surface area contributed by atoms with Crippen LogP contribution in [0.4, 0.5) is 5.69 Å². The van der Waals surface area contributed by atoms with Crippen molar-refractivity contribution in [1.82, 2.24) is 9.80 Å². The Morgan fingerprint density at radius 3 is 2.48 bits per heavy atom. The molecule has 1 unspecified atom stereocenters. The van der Waals surface area contributed by atoms with E-state index in [0.717, 1.165) is 57.9 Å². The van der Waals surface area contributed by atoms with Crippen LogP contribution in [0.15, 0.2) is 29.8 Å². The van der Waals surface area contributed by atoms with E-state index in [4.69, 9.17) is 10.8 Å². The number of hydrogen-bond acceptors (Lipinski definition) is 5. The van der Waals surface area contributed by atoms with Crippen molar-refractivity contribution in [1.29, 1.82) is 0 Å². The molecule has 1 aromatic carbocycles. The van der Waals surface area contributed by atoms with Crippen LogP contribution in [-0.2, 0) is 0 Å². The lowest BCUT2D eigenvalue weighted by molar-refractivity contribution is 0.112. The number of piperazine rings is 1. The lowest BCUT2D eigenvalue weighted by Crippen LogP contribution is -2.48. The number of aliphatic hydroxyl groups excluding tert-OH is 1. The van der Waals surface area contributed by atoms with Crippen LogP contribution in [0.2, 0.25) is 0 Å². The summed E-state index contributed by atoms with van der Waals surface area (Å²) in [6.07, 6.45) is 6.18. The Bertz CT molecular complexity index is 666. The molecule has 1 aliphatic carbocycles. The molecule has 1 saturated carbocycles. The molecule has 2 heterocycles. The first-order valence-corrected chi connectivity index (χ1v) is 10.7. The van der Waals surface area contributed by atoms with Crippen LogP contribution in [0.1, 0.15) is 37.7 Å². The van der Waals surface area contributed by atoms with Crippen LogP contribution < -0.4 is 10.6 Å². The summed E-state index contributed by atoms with van der Waals surface area (Å²) in [4.78, 5) is 7.58. The monoisotopic (exact) mass is 370 g/mol. The van der Waals surface area contributed by atoms with Crippen LogP contribution >= 0.6 is 0 Å². The molecule has 5 heteroatoms. The van der Waals surface area contributed by atoms with Gasteiger partial charge in [0.05, 0.1) is 12.6 Å². The van der Waals surface area contributed by atoms with Gasteiger partial charge in [-0.2, -0.15) is 0 Å². The number of anilines is 1. The molecule has 0 bridgehead atoms. The lowest BCUT2D eigenvalue weighted by Gasteiger charge is -2.43. The molecule has 148 valence electrons. The van der Waals surface area contributed by atoms with Crippen molar-refractivity contribution in [2.45, 2.75) is 38.1 Å². The molecule has 3 aliphatic rings. The Balaban J connectivity index is 1.38. The van der Waals surface area contributed by atoms with Crippen molar-refractivity contribution in [3.05, 3.63) is 35.4 Å². The van der Waals surface area contributed by atoms with Crippen LogP contribution in [0, 0.1) is 0 Å². The van der Waals surface area contributed by atoms with Gasteiger partial charge in [0, 0.05) is 56.2 Å². The molecule has 0 amide bonds. The second-order valence-electron chi connectivity index (χ2n) is 8.17. The molecule has 3 N–H and O–H groups in total. The highest BCUT2D eigenvalue weighted by Gasteiger charge is 2.33. The van der Waals surface area contributed by atoms with Crippen LogP contribution in [0.5, 0.6) is 0 Å². The van der Waals surface area contributed by atoms with Gasteiger partial charge in [0.1, 0.15) is 0 Å². The van der Waals surface area contributed by atoms with E-state index in [1.165, 1.54) is 42.5 Å². The lowest BCUT2D eigenvalue weighted by atomic mass is 9.82. The average Bonchev–Trinajstić information content (AvgIpc) is 2.72. The minimum absolute atomic E-state index is 0.273. The highest BCUT2D eigenvalue weighted by molar-refractivity contribution is 5.82. The summed E-state index contributed by atoms with van der Waals surface area (Å²) in [6, 6.07) is 9.21. The standard InChI is InChI=1S/C22H34N4O/c23-22-18-6-1-3-8-20(18)26(21-9-4-2-7-19(21)22)11-5-10-24-12-14-25(15-13-24)16-17-27/h1,3,6,8,21,27H,2,4-5,7,9-17,23H2. The zero-order valence-corrected chi connectivity index (χ0v) is 16.4. The minimum Gasteiger partial charge on any atom is -0.398 e. The Morgan fingerprint density at radius 1 is 0.963 bits per heavy atom. The fraction of sp³-hybridized carbons (Fsp3) is 0.636. The molecule has 5 nitrogen and oxygen atoms in total. The number of hydrogen-bond donors (Lipinski definition) is 2. The number of aliphatic hydroxyl groups is 1. The maximum absolute atomic E-state index is 9.09. The van der Waals surface area contributed by atoms with Crippen molar-refractivity contribution in [2.75, 3.05) is 57.3 Å². The van der Waals surface area contributed by atoms with Crippen molar-refractivity contribution in [2.24, 2.45) is 5.73 Å². The number of para-hydroxylation sites is 1. The second-order valence-corrected chi connectivity index (χ2v) is 8.17. The fourth-order valence-electron chi connectivity index (χ4n) is 5.06. The van der Waals surface area contributed by atoms with Gasteiger partial charge in [-0.15, -0.1) is 0 Å². The Kier molecular flexibility index (Phi) is 6.01. The van der Waals surface area contributed by atoms with Crippen LogP contribution in [-0.4, -0.2) is 73.4 Å².